The standard InChI is InChI=1S/C50H55N3O11/c1-48(2,3)61-41(57)25-24-37(31-54)52-40(56)26-27-51-47(59)49-29-39-42-43(63-50(62-42,35-19-6-4-7-20-35)36-21-8-5-9-22-36)45(49)64-53(44(49)46(58)60-39)30-33-16-12-14-32(28-33)15-13-18-34-17-10-11-23-38(34)55/h4-17,19-23,28,37,39,42-45,54-55H,18,24-27,29-31H2,1-3H3,(H,51,59)(H,52,56)/t37-,39+,42-,43-,44-,45+,49-/m0/s1. The number of esters is 2. The van der Waals surface area contributed by atoms with Crippen molar-refractivity contribution < 1.29 is 53.2 Å². The van der Waals surface area contributed by atoms with Crippen LogP contribution >= 0.6 is 0 Å². The molecule has 0 radical (unpaired) electrons. The molecule has 2 bridgehead atoms. The number of aromatic hydroxyl groups is 1. The summed E-state index contributed by atoms with van der Waals surface area (Å²) in [5.41, 5.74) is 1.74. The smallest absolute Gasteiger partial charge is 0.327 e. The van der Waals surface area contributed by atoms with Crippen LogP contribution in [0.25, 0.3) is 6.08 Å². The Balaban J connectivity index is 1.05. The number of hydroxylamine groups is 2. The van der Waals surface area contributed by atoms with Crippen LogP contribution in [0.15, 0.2) is 115 Å². The lowest BCUT2D eigenvalue weighted by Crippen LogP contribution is -2.69. The van der Waals surface area contributed by atoms with Crippen LogP contribution in [0.1, 0.15) is 74.3 Å². The zero-order valence-electron chi connectivity index (χ0n) is 36.2. The first-order valence-electron chi connectivity index (χ1n) is 21.8. The number of amides is 2. The molecule has 0 aromatic heterocycles. The van der Waals surface area contributed by atoms with Crippen molar-refractivity contribution in [1.29, 1.82) is 0 Å². The number of ether oxygens (including phenoxy) is 4. The Labute approximate surface area is 372 Å². The second kappa shape index (κ2) is 18.7. The van der Waals surface area contributed by atoms with Crippen LogP contribution in [0, 0.1) is 5.41 Å². The maximum atomic E-state index is 14.9. The number of phenolic OH excluding ortho intramolecular Hbond substituents is 1. The summed E-state index contributed by atoms with van der Waals surface area (Å²) >= 11 is 0. The fourth-order valence-corrected chi connectivity index (χ4v) is 9.32. The van der Waals surface area contributed by atoms with Gasteiger partial charge in [0.2, 0.25) is 17.6 Å². The van der Waals surface area contributed by atoms with E-state index in [-0.39, 0.29) is 51.1 Å². The van der Waals surface area contributed by atoms with E-state index in [1.54, 1.807) is 32.9 Å². The van der Waals surface area contributed by atoms with Crippen molar-refractivity contribution in [2.75, 3.05) is 13.2 Å². The van der Waals surface area contributed by atoms with Gasteiger partial charge in [-0.2, -0.15) is 5.06 Å². The van der Waals surface area contributed by atoms with Crippen molar-refractivity contribution in [1.82, 2.24) is 15.7 Å². The van der Waals surface area contributed by atoms with Crippen molar-refractivity contribution in [2.45, 2.75) is 107 Å². The molecular weight excluding hydrogens is 819 g/mol. The Kier molecular flexibility index (Phi) is 13.0. The maximum absolute atomic E-state index is 14.9. The minimum Gasteiger partial charge on any atom is -0.508 e. The van der Waals surface area contributed by atoms with E-state index in [1.165, 1.54) is 5.06 Å². The highest BCUT2D eigenvalue weighted by Crippen LogP contribution is 2.59. The lowest BCUT2D eigenvalue weighted by atomic mass is 9.62. The second-order valence-corrected chi connectivity index (χ2v) is 17.8. The molecule has 4 aliphatic rings. The van der Waals surface area contributed by atoms with E-state index in [9.17, 15) is 29.4 Å². The van der Waals surface area contributed by atoms with Crippen LogP contribution in [0.3, 0.4) is 0 Å². The Hall–Kier alpha value is -5.90. The van der Waals surface area contributed by atoms with Crippen molar-refractivity contribution in [3.8, 4) is 5.75 Å². The number of nitrogens with one attached hydrogen (secondary N) is 2. The van der Waals surface area contributed by atoms with Gasteiger partial charge in [-0.05, 0) is 56.4 Å². The summed E-state index contributed by atoms with van der Waals surface area (Å²) in [4.78, 5) is 61.5. The van der Waals surface area contributed by atoms with Crippen LogP contribution in [0.5, 0.6) is 5.75 Å². The van der Waals surface area contributed by atoms with Gasteiger partial charge in [-0.15, -0.1) is 0 Å². The van der Waals surface area contributed by atoms with Gasteiger partial charge in [0.1, 0.15) is 41.2 Å². The van der Waals surface area contributed by atoms with Gasteiger partial charge in [-0.25, -0.2) is 0 Å². The van der Waals surface area contributed by atoms with Crippen LogP contribution in [-0.2, 0) is 61.7 Å². The third-order valence-corrected chi connectivity index (χ3v) is 12.2. The number of carbonyl (C=O) groups is 4. The van der Waals surface area contributed by atoms with Gasteiger partial charge >= 0.3 is 11.9 Å². The Bertz CT molecular complexity index is 2310. The van der Waals surface area contributed by atoms with Gasteiger partial charge in [0, 0.05) is 36.9 Å². The van der Waals surface area contributed by atoms with Crippen LogP contribution in [0.2, 0.25) is 0 Å². The van der Waals surface area contributed by atoms with Gasteiger partial charge < -0.3 is 39.8 Å². The quantitative estimate of drug-likeness (QED) is 0.108. The number of hydrogen-bond acceptors (Lipinski definition) is 12. The lowest BCUT2D eigenvalue weighted by molar-refractivity contribution is -0.213. The molecule has 4 fully saturated rings. The summed E-state index contributed by atoms with van der Waals surface area (Å²) in [7, 11) is 0. The summed E-state index contributed by atoms with van der Waals surface area (Å²) in [6.07, 6.45) is 0.969. The molecule has 336 valence electrons. The number of aliphatic hydroxyl groups excluding tert-OH is 1. The number of aliphatic hydroxyl groups is 1. The van der Waals surface area contributed by atoms with E-state index >= 15 is 0 Å². The molecule has 3 heterocycles. The van der Waals surface area contributed by atoms with Crippen molar-refractivity contribution in [3.63, 3.8) is 0 Å². The molecule has 8 rings (SSSR count). The molecule has 0 spiro atoms. The molecule has 14 nitrogen and oxygen atoms in total. The monoisotopic (exact) mass is 873 g/mol. The Morgan fingerprint density at radius 1 is 0.906 bits per heavy atom. The average molecular weight is 874 g/mol. The van der Waals surface area contributed by atoms with E-state index in [1.807, 2.05) is 109 Å². The first-order valence-corrected chi connectivity index (χ1v) is 21.8. The molecule has 4 aromatic rings. The fourth-order valence-electron chi connectivity index (χ4n) is 9.32. The first-order chi connectivity index (χ1) is 30.8. The van der Waals surface area contributed by atoms with Crippen LogP contribution < -0.4 is 10.6 Å². The minimum atomic E-state index is -1.51. The number of hydrogen-bond donors (Lipinski definition) is 4. The topological polar surface area (TPSA) is 182 Å². The van der Waals surface area contributed by atoms with Gasteiger partial charge in [0.05, 0.1) is 19.2 Å². The lowest BCUT2D eigenvalue weighted by Gasteiger charge is -2.48. The number of fused-ring (bicyclic) bond motifs is 4. The number of para-hydroxylation sites is 1. The molecule has 64 heavy (non-hydrogen) atoms. The van der Waals surface area contributed by atoms with E-state index in [2.05, 4.69) is 10.6 Å². The number of rotatable bonds is 16. The third-order valence-electron chi connectivity index (χ3n) is 12.2. The second-order valence-electron chi connectivity index (χ2n) is 17.8. The summed E-state index contributed by atoms with van der Waals surface area (Å²) in [6, 6.07) is 32.0. The minimum absolute atomic E-state index is 0.00297. The first kappa shape index (κ1) is 44.7. The van der Waals surface area contributed by atoms with Gasteiger partial charge in [0.25, 0.3) is 0 Å². The fraction of sp³-hybridized carbons (Fsp3) is 0.400. The molecule has 14 heteroatoms. The Morgan fingerprint density at radius 3 is 2.28 bits per heavy atom. The van der Waals surface area contributed by atoms with Crippen LogP contribution in [0.4, 0.5) is 0 Å². The molecular formula is C50H55N3O11. The molecule has 2 amide bonds. The number of nitrogens with zero attached hydrogens (tertiary/aromatic N) is 1. The summed E-state index contributed by atoms with van der Waals surface area (Å²) in [5, 5.41) is 27.4. The highest BCUT2D eigenvalue weighted by molar-refractivity contribution is 5.94. The van der Waals surface area contributed by atoms with E-state index in [4.69, 9.17) is 23.8 Å². The molecule has 0 unspecified atom stereocenters. The molecule has 3 aliphatic heterocycles. The van der Waals surface area contributed by atoms with Crippen molar-refractivity contribution >= 4 is 29.8 Å². The average Bonchev–Trinajstić information content (AvgIpc) is 3.86. The molecule has 7 atom stereocenters. The van der Waals surface area contributed by atoms with E-state index < -0.39 is 77.1 Å². The largest absolute Gasteiger partial charge is 0.508 e. The third kappa shape index (κ3) is 9.19. The molecule has 3 saturated heterocycles. The SMILES string of the molecule is CC(C)(C)OC(=O)CC[C@@H](CO)NC(=O)CCNC(=O)[C@@]12C[C@H]3OC(=O)[C@@H]1N(Cc1cccc(C=CCc4ccccc4O)c1)O[C@@H]2[C@H]1OC(c2ccccc2)(c2ccccc2)O[C@H]13. The highest BCUT2D eigenvalue weighted by atomic mass is 16.8. The predicted octanol–water partition coefficient (Wildman–Crippen LogP) is 5.24. The summed E-state index contributed by atoms with van der Waals surface area (Å²) in [6.45, 7) is 4.93. The zero-order valence-corrected chi connectivity index (χ0v) is 36.2. The summed E-state index contributed by atoms with van der Waals surface area (Å²) in [5.74, 6) is -3.22. The molecule has 4 N–H and O–H groups in total. The van der Waals surface area contributed by atoms with Gasteiger partial charge in [-0.3, -0.25) is 24.0 Å². The highest BCUT2D eigenvalue weighted by Gasteiger charge is 2.76. The normalized spacial score (nSPS) is 25.0. The van der Waals surface area contributed by atoms with Gasteiger partial charge in [0.15, 0.2) is 6.04 Å². The maximum Gasteiger partial charge on any atom is 0.327 e. The summed E-state index contributed by atoms with van der Waals surface area (Å²) < 4.78 is 25.6. The van der Waals surface area contributed by atoms with Crippen LogP contribution in [-0.4, -0.2) is 94.3 Å². The number of allylic oxidation sites excluding steroid dienone is 1. The Morgan fingerprint density at radius 2 is 1.59 bits per heavy atom. The van der Waals surface area contributed by atoms with E-state index in [0.717, 1.165) is 16.7 Å². The number of benzene rings is 4. The van der Waals surface area contributed by atoms with Gasteiger partial charge in [-0.1, -0.05) is 115 Å². The van der Waals surface area contributed by atoms with Crippen molar-refractivity contribution in [3.05, 3.63) is 143 Å². The molecule has 1 aliphatic carbocycles. The predicted molar refractivity (Wildman–Crippen MR) is 234 cm³/mol. The number of carbonyl (C=O) groups excluding carboxylic acids is 4. The zero-order chi connectivity index (χ0) is 45.1. The molecule has 1 saturated carbocycles. The number of phenols is 1. The van der Waals surface area contributed by atoms with Crippen molar-refractivity contribution in [2.24, 2.45) is 5.41 Å². The molecule has 4 aromatic carbocycles. The van der Waals surface area contributed by atoms with E-state index in [0.29, 0.717) is 17.5 Å².